The maximum absolute atomic E-state index is 12.6. The van der Waals surface area contributed by atoms with Crippen molar-refractivity contribution in [3.63, 3.8) is 0 Å². The van der Waals surface area contributed by atoms with Crippen LogP contribution < -0.4 is 20.3 Å². The van der Waals surface area contributed by atoms with Crippen LogP contribution in [0.15, 0.2) is 35.3 Å². The monoisotopic (exact) mass is 326 g/mol. The van der Waals surface area contributed by atoms with Crippen molar-refractivity contribution in [3.05, 3.63) is 51.9 Å². The van der Waals surface area contributed by atoms with Crippen molar-refractivity contribution in [2.24, 2.45) is 0 Å². The third-order valence-electron chi connectivity index (χ3n) is 3.11. The normalized spacial score (nSPS) is 13.0. The van der Waals surface area contributed by atoms with Crippen LogP contribution in [0.4, 0.5) is 18.9 Å². The van der Waals surface area contributed by atoms with E-state index in [9.17, 15) is 22.8 Å². The van der Waals surface area contributed by atoms with Crippen molar-refractivity contribution < 1.29 is 27.4 Å². The molecule has 1 aromatic carbocycles. The van der Waals surface area contributed by atoms with Gasteiger partial charge >= 0.3 is 6.18 Å². The van der Waals surface area contributed by atoms with E-state index in [4.69, 9.17) is 9.47 Å². The largest absolute Gasteiger partial charge is 0.454 e. The highest BCUT2D eigenvalue weighted by Gasteiger charge is 2.31. The topological polar surface area (TPSA) is 80.4 Å². The smallest absolute Gasteiger partial charge is 0.417 e. The van der Waals surface area contributed by atoms with Crippen LogP contribution in [0.25, 0.3) is 0 Å². The molecule has 0 saturated carbocycles. The molecule has 1 aromatic heterocycles. The van der Waals surface area contributed by atoms with E-state index >= 15 is 0 Å². The lowest BCUT2D eigenvalue weighted by atomic mass is 10.2. The Kier molecular flexibility index (Phi) is 3.47. The van der Waals surface area contributed by atoms with Gasteiger partial charge in [-0.3, -0.25) is 9.59 Å². The van der Waals surface area contributed by atoms with Gasteiger partial charge in [-0.05, 0) is 24.3 Å². The first-order chi connectivity index (χ1) is 10.8. The van der Waals surface area contributed by atoms with E-state index in [1.54, 1.807) is 0 Å². The molecule has 0 fully saturated rings. The van der Waals surface area contributed by atoms with Gasteiger partial charge in [0, 0.05) is 11.8 Å². The number of hydrogen-bond donors (Lipinski definition) is 2. The van der Waals surface area contributed by atoms with Gasteiger partial charge in [0.2, 0.25) is 6.79 Å². The van der Waals surface area contributed by atoms with Crippen molar-refractivity contribution in [3.8, 4) is 11.5 Å². The zero-order chi connectivity index (χ0) is 16.6. The quantitative estimate of drug-likeness (QED) is 0.888. The molecule has 120 valence electrons. The van der Waals surface area contributed by atoms with Gasteiger partial charge in [0.25, 0.3) is 11.5 Å². The van der Waals surface area contributed by atoms with E-state index in [1.807, 2.05) is 4.98 Å². The molecule has 0 atom stereocenters. The number of halogens is 3. The van der Waals surface area contributed by atoms with Crippen molar-refractivity contribution in [2.75, 3.05) is 12.1 Å². The summed E-state index contributed by atoms with van der Waals surface area (Å²) in [7, 11) is 0. The number of H-pyrrole nitrogens is 1. The van der Waals surface area contributed by atoms with Crippen LogP contribution in [-0.2, 0) is 6.18 Å². The minimum atomic E-state index is -4.64. The Labute approximate surface area is 126 Å². The van der Waals surface area contributed by atoms with Crippen molar-refractivity contribution in [1.82, 2.24) is 4.98 Å². The summed E-state index contributed by atoms with van der Waals surface area (Å²) in [5.41, 5.74) is -2.29. The molecular weight excluding hydrogens is 317 g/mol. The standard InChI is InChI=1S/C14H9F3N2O4/c15-14(16,17)8-4-9(13(21)18-5-8)19-12(20)7-1-2-10-11(3-7)23-6-22-10/h1-5H,6H2,(H,18,21)(H,19,20). The summed E-state index contributed by atoms with van der Waals surface area (Å²) in [5.74, 6) is 0.0576. The molecule has 3 rings (SSSR count). The van der Waals surface area contributed by atoms with E-state index in [1.165, 1.54) is 18.2 Å². The fraction of sp³-hybridized carbons (Fsp3) is 0.143. The molecule has 2 N–H and O–H groups in total. The number of alkyl halides is 3. The lowest BCUT2D eigenvalue weighted by Crippen LogP contribution is -2.21. The third kappa shape index (κ3) is 2.98. The zero-order valence-corrected chi connectivity index (χ0v) is 11.4. The van der Waals surface area contributed by atoms with Crippen LogP contribution in [0.5, 0.6) is 11.5 Å². The molecule has 2 heterocycles. The van der Waals surface area contributed by atoms with Gasteiger partial charge in [-0.2, -0.15) is 13.2 Å². The molecular formula is C14H9F3N2O4. The molecule has 23 heavy (non-hydrogen) atoms. The average molecular weight is 326 g/mol. The van der Waals surface area contributed by atoms with Crippen LogP contribution >= 0.6 is 0 Å². The van der Waals surface area contributed by atoms with Gasteiger partial charge in [0.05, 0.1) is 5.56 Å². The van der Waals surface area contributed by atoms with Crippen molar-refractivity contribution in [2.45, 2.75) is 6.18 Å². The first kappa shape index (κ1) is 14.9. The second-order valence-corrected chi connectivity index (χ2v) is 4.65. The Hall–Kier alpha value is -2.97. The van der Waals surface area contributed by atoms with Crippen molar-refractivity contribution >= 4 is 11.6 Å². The number of anilines is 1. The van der Waals surface area contributed by atoms with Gasteiger partial charge in [-0.25, -0.2) is 0 Å². The number of pyridine rings is 1. The molecule has 6 nitrogen and oxygen atoms in total. The summed E-state index contributed by atoms with van der Waals surface area (Å²) in [6, 6.07) is 4.85. The molecule has 9 heteroatoms. The number of carbonyl (C=O) groups excluding carboxylic acids is 1. The number of rotatable bonds is 2. The van der Waals surface area contributed by atoms with Crippen LogP contribution in [0.1, 0.15) is 15.9 Å². The Bertz CT molecular complexity index is 830. The minimum absolute atomic E-state index is 0.0215. The Morgan fingerprint density at radius 3 is 2.65 bits per heavy atom. The summed E-state index contributed by atoms with van der Waals surface area (Å²) >= 11 is 0. The van der Waals surface area contributed by atoms with Crippen LogP contribution in [-0.4, -0.2) is 17.7 Å². The van der Waals surface area contributed by atoms with Gasteiger partial charge < -0.3 is 19.8 Å². The van der Waals surface area contributed by atoms with E-state index in [0.717, 1.165) is 0 Å². The fourth-order valence-corrected chi connectivity index (χ4v) is 1.97. The molecule has 0 bridgehead atoms. The lowest BCUT2D eigenvalue weighted by Gasteiger charge is -2.09. The molecule has 1 aliphatic rings. The molecule has 0 spiro atoms. The maximum atomic E-state index is 12.6. The highest BCUT2D eigenvalue weighted by molar-refractivity contribution is 6.04. The second kappa shape index (κ2) is 5.34. The van der Waals surface area contributed by atoms with E-state index in [2.05, 4.69) is 5.32 Å². The number of benzene rings is 1. The first-order valence-corrected chi connectivity index (χ1v) is 6.35. The predicted molar refractivity (Wildman–Crippen MR) is 72.6 cm³/mol. The van der Waals surface area contributed by atoms with Gasteiger partial charge in [-0.15, -0.1) is 0 Å². The van der Waals surface area contributed by atoms with E-state index < -0.39 is 28.9 Å². The SMILES string of the molecule is O=C(Nc1cc(C(F)(F)F)c[nH]c1=O)c1ccc2c(c1)OCO2. The fourth-order valence-electron chi connectivity index (χ4n) is 1.97. The van der Waals surface area contributed by atoms with Crippen molar-refractivity contribution in [1.29, 1.82) is 0 Å². The number of fused-ring (bicyclic) bond motifs is 1. The minimum Gasteiger partial charge on any atom is -0.454 e. The Morgan fingerprint density at radius 2 is 1.91 bits per heavy atom. The van der Waals surface area contributed by atoms with Crippen LogP contribution in [0, 0.1) is 0 Å². The number of ether oxygens (including phenoxy) is 2. The molecule has 1 amide bonds. The molecule has 1 aliphatic heterocycles. The number of aromatic amines is 1. The summed E-state index contributed by atoms with van der Waals surface area (Å²) in [6.45, 7) is 0.0215. The number of carbonyl (C=O) groups is 1. The van der Waals surface area contributed by atoms with Gasteiger partial charge in [0.15, 0.2) is 11.5 Å². The predicted octanol–water partition coefficient (Wildman–Crippen LogP) is 2.37. The lowest BCUT2D eigenvalue weighted by molar-refractivity contribution is -0.137. The number of hydrogen-bond acceptors (Lipinski definition) is 4. The average Bonchev–Trinajstić information content (AvgIpc) is 2.95. The number of amides is 1. The van der Waals surface area contributed by atoms with Crippen LogP contribution in [0.2, 0.25) is 0 Å². The zero-order valence-electron chi connectivity index (χ0n) is 11.4. The highest BCUT2D eigenvalue weighted by Crippen LogP contribution is 2.33. The summed E-state index contributed by atoms with van der Waals surface area (Å²) < 4.78 is 48.1. The molecule has 0 aliphatic carbocycles. The molecule has 0 radical (unpaired) electrons. The summed E-state index contributed by atoms with van der Waals surface area (Å²) in [4.78, 5) is 25.6. The first-order valence-electron chi connectivity index (χ1n) is 6.35. The molecule has 0 unspecified atom stereocenters. The maximum Gasteiger partial charge on any atom is 0.417 e. The molecule has 0 saturated heterocycles. The summed E-state index contributed by atoms with van der Waals surface area (Å²) in [5, 5.41) is 2.15. The van der Waals surface area contributed by atoms with Gasteiger partial charge in [0.1, 0.15) is 5.69 Å². The Morgan fingerprint density at radius 1 is 1.17 bits per heavy atom. The molecule has 2 aromatic rings. The highest BCUT2D eigenvalue weighted by atomic mass is 19.4. The number of aromatic nitrogens is 1. The summed E-state index contributed by atoms with van der Waals surface area (Å²) in [6.07, 6.45) is -4.10. The van der Waals surface area contributed by atoms with Crippen LogP contribution in [0.3, 0.4) is 0 Å². The van der Waals surface area contributed by atoms with E-state index in [0.29, 0.717) is 23.8 Å². The second-order valence-electron chi connectivity index (χ2n) is 4.65. The van der Waals surface area contributed by atoms with E-state index in [-0.39, 0.29) is 12.4 Å². The Balaban J connectivity index is 1.87. The third-order valence-corrected chi connectivity index (χ3v) is 3.11. The van der Waals surface area contributed by atoms with Gasteiger partial charge in [-0.1, -0.05) is 0 Å². The number of nitrogens with one attached hydrogen (secondary N) is 2.